The SMILES string of the molecule is CCSc1c(Br)ccc2c1[nH]c(=O)n2C. The Kier molecular flexibility index (Phi) is 2.93. The maximum absolute atomic E-state index is 11.5. The molecule has 2 rings (SSSR count). The number of H-pyrrole nitrogens is 1. The predicted molar refractivity (Wildman–Crippen MR) is 67.6 cm³/mol. The molecule has 0 radical (unpaired) electrons. The molecular formula is C10H11BrN2OS. The van der Waals surface area contributed by atoms with Gasteiger partial charge in [0.1, 0.15) is 0 Å². The zero-order chi connectivity index (χ0) is 11.0. The average Bonchev–Trinajstić information content (AvgIpc) is 2.49. The molecule has 0 aliphatic rings. The number of benzene rings is 1. The Morgan fingerprint density at radius 1 is 1.53 bits per heavy atom. The Labute approximate surface area is 100.0 Å². The predicted octanol–water partition coefficient (Wildman–Crippen LogP) is 2.74. The van der Waals surface area contributed by atoms with Crippen molar-refractivity contribution in [3.8, 4) is 0 Å². The molecule has 0 atom stereocenters. The van der Waals surface area contributed by atoms with E-state index in [1.165, 1.54) is 0 Å². The maximum Gasteiger partial charge on any atom is 0.326 e. The summed E-state index contributed by atoms with van der Waals surface area (Å²) in [6.45, 7) is 2.09. The maximum atomic E-state index is 11.5. The fraction of sp³-hybridized carbons (Fsp3) is 0.300. The Balaban J connectivity index is 2.81. The second kappa shape index (κ2) is 4.06. The van der Waals surface area contributed by atoms with Crippen LogP contribution >= 0.6 is 27.7 Å². The van der Waals surface area contributed by atoms with E-state index in [9.17, 15) is 4.79 Å². The molecule has 2 aromatic rings. The van der Waals surface area contributed by atoms with Crippen molar-refractivity contribution in [2.24, 2.45) is 7.05 Å². The van der Waals surface area contributed by atoms with Crippen molar-refractivity contribution >= 4 is 38.7 Å². The van der Waals surface area contributed by atoms with Gasteiger partial charge in [0.05, 0.1) is 11.0 Å². The Morgan fingerprint density at radius 3 is 2.93 bits per heavy atom. The lowest BCUT2D eigenvalue weighted by Crippen LogP contribution is -2.11. The Hall–Kier alpha value is -0.680. The second-order valence-electron chi connectivity index (χ2n) is 3.19. The van der Waals surface area contributed by atoms with Crippen LogP contribution in [0.2, 0.25) is 0 Å². The van der Waals surface area contributed by atoms with E-state index in [0.29, 0.717) is 0 Å². The number of aromatic amines is 1. The summed E-state index contributed by atoms with van der Waals surface area (Å²) in [6.07, 6.45) is 0. The van der Waals surface area contributed by atoms with Crippen LogP contribution in [0.15, 0.2) is 26.3 Å². The molecule has 3 nitrogen and oxygen atoms in total. The van der Waals surface area contributed by atoms with Gasteiger partial charge in [-0.1, -0.05) is 6.92 Å². The molecule has 0 unspecified atom stereocenters. The van der Waals surface area contributed by atoms with E-state index < -0.39 is 0 Å². The summed E-state index contributed by atoms with van der Waals surface area (Å²) >= 11 is 5.22. The van der Waals surface area contributed by atoms with E-state index in [-0.39, 0.29) is 5.69 Å². The van der Waals surface area contributed by atoms with Gasteiger partial charge in [-0.2, -0.15) is 0 Å². The summed E-state index contributed by atoms with van der Waals surface area (Å²) in [5, 5.41) is 0. The minimum atomic E-state index is -0.0685. The first-order valence-electron chi connectivity index (χ1n) is 4.65. The molecular weight excluding hydrogens is 276 g/mol. The molecule has 0 spiro atoms. The molecule has 0 amide bonds. The van der Waals surface area contributed by atoms with E-state index in [1.54, 1.807) is 23.4 Å². The number of hydrogen-bond acceptors (Lipinski definition) is 2. The van der Waals surface area contributed by atoms with E-state index in [4.69, 9.17) is 0 Å². The van der Waals surface area contributed by atoms with Crippen molar-refractivity contribution in [2.45, 2.75) is 11.8 Å². The van der Waals surface area contributed by atoms with Crippen LogP contribution in [0.1, 0.15) is 6.92 Å². The Bertz CT molecular complexity index is 558. The minimum Gasteiger partial charge on any atom is -0.305 e. The highest BCUT2D eigenvalue weighted by Crippen LogP contribution is 2.32. The van der Waals surface area contributed by atoms with Crippen molar-refractivity contribution in [3.05, 3.63) is 27.1 Å². The first-order chi connectivity index (χ1) is 7.15. The number of imidazole rings is 1. The summed E-state index contributed by atoms with van der Waals surface area (Å²) in [5.41, 5.74) is 1.80. The molecule has 1 heterocycles. The smallest absolute Gasteiger partial charge is 0.305 e. The fourth-order valence-corrected chi connectivity index (χ4v) is 3.00. The molecule has 1 aromatic heterocycles. The van der Waals surface area contributed by atoms with Crippen LogP contribution in [0.5, 0.6) is 0 Å². The Morgan fingerprint density at radius 2 is 2.27 bits per heavy atom. The number of fused-ring (bicyclic) bond motifs is 1. The molecule has 1 N–H and O–H groups in total. The van der Waals surface area contributed by atoms with Gasteiger partial charge in [0.15, 0.2) is 0 Å². The summed E-state index contributed by atoms with van der Waals surface area (Å²) in [4.78, 5) is 15.5. The van der Waals surface area contributed by atoms with E-state index in [0.717, 1.165) is 26.2 Å². The summed E-state index contributed by atoms with van der Waals surface area (Å²) in [7, 11) is 1.77. The molecule has 0 bridgehead atoms. The lowest BCUT2D eigenvalue weighted by atomic mass is 10.3. The van der Waals surface area contributed by atoms with Crippen LogP contribution in [0.4, 0.5) is 0 Å². The lowest BCUT2D eigenvalue weighted by molar-refractivity contribution is 0.891. The molecule has 0 aliphatic carbocycles. The molecule has 80 valence electrons. The lowest BCUT2D eigenvalue weighted by Gasteiger charge is -2.03. The standard InChI is InChI=1S/C10H11BrN2OS/c1-3-15-9-6(11)4-5-7-8(9)12-10(14)13(7)2/h4-5H,3H2,1-2H3,(H,12,14). The van der Waals surface area contributed by atoms with E-state index in [2.05, 4.69) is 27.8 Å². The van der Waals surface area contributed by atoms with Crippen molar-refractivity contribution in [3.63, 3.8) is 0 Å². The third-order valence-corrected chi connectivity index (χ3v) is 4.20. The van der Waals surface area contributed by atoms with Crippen molar-refractivity contribution in [1.82, 2.24) is 9.55 Å². The topological polar surface area (TPSA) is 37.8 Å². The minimum absolute atomic E-state index is 0.0685. The largest absolute Gasteiger partial charge is 0.326 e. The third kappa shape index (κ3) is 1.74. The number of aryl methyl sites for hydroxylation is 1. The van der Waals surface area contributed by atoms with Gasteiger partial charge in [-0.25, -0.2) is 4.79 Å². The molecule has 15 heavy (non-hydrogen) atoms. The quantitative estimate of drug-likeness (QED) is 0.862. The highest BCUT2D eigenvalue weighted by molar-refractivity contribution is 9.10. The van der Waals surface area contributed by atoms with Gasteiger partial charge in [-0.3, -0.25) is 4.57 Å². The van der Waals surface area contributed by atoms with Gasteiger partial charge < -0.3 is 4.98 Å². The molecule has 0 fully saturated rings. The molecule has 0 saturated heterocycles. The number of nitrogens with one attached hydrogen (secondary N) is 1. The van der Waals surface area contributed by atoms with Gasteiger partial charge in [-0.15, -0.1) is 11.8 Å². The highest BCUT2D eigenvalue weighted by atomic mass is 79.9. The molecule has 0 aliphatic heterocycles. The summed E-state index contributed by atoms with van der Waals surface area (Å²) in [5.74, 6) is 0.981. The summed E-state index contributed by atoms with van der Waals surface area (Å²) < 4.78 is 2.66. The van der Waals surface area contributed by atoms with Crippen molar-refractivity contribution in [1.29, 1.82) is 0 Å². The molecule has 5 heteroatoms. The number of aromatic nitrogens is 2. The zero-order valence-electron chi connectivity index (χ0n) is 8.50. The first kappa shape index (κ1) is 10.8. The number of rotatable bonds is 2. The normalized spacial score (nSPS) is 11.1. The highest BCUT2D eigenvalue weighted by Gasteiger charge is 2.10. The number of thioether (sulfide) groups is 1. The summed E-state index contributed by atoms with van der Waals surface area (Å²) in [6, 6.07) is 3.92. The number of hydrogen-bond donors (Lipinski definition) is 1. The van der Waals surface area contributed by atoms with Crippen LogP contribution in [-0.4, -0.2) is 15.3 Å². The number of halogens is 1. The zero-order valence-corrected chi connectivity index (χ0v) is 10.9. The van der Waals surface area contributed by atoms with Crippen LogP contribution in [-0.2, 0) is 7.05 Å². The van der Waals surface area contributed by atoms with Crippen LogP contribution in [0.3, 0.4) is 0 Å². The van der Waals surface area contributed by atoms with Gasteiger partial charge in [-0.05, 0) is 33.8 Å². The van der Waals surface area contributed by atoms with Crippen LogP contribution in [0, 0.1) is 0 Å². The van der Waals surface area contributed by atoms with Gasteiger partial charge >= 0.3 is 5.69 Å². The fourth-order valence-electron chi connectivity index (χ4n) is 1.53. The second-order valence-corrected chi connectivity index (χ2v) is 5.32. The van der Waals surface area contributed by atoms with Crippen LogP contribution in [0.25, 0.3) is 11.0 Å². The van der Waals surface area contributed by atoms with Crippen LogP contribution < -0.4 is 5.69 Å². The first-order valence-corrected chi connectivity index (χ1v) is 6.43. The van der Waals surface area contributed by atoms with E-state index in [1.807, 2.05) is 12.1 Å². The van der Waals surface area contributed by atoms with Crippen molar-refractivity contribution in [2.75, 3.05) is 5.75 Å². The van der Waals surface area contributed by atoms with Gasteiger partial charge in [0, 0.05) is 16.4 Å². The monoisotopic (exact) mass is 286 g/mol. The van der Waals surface area contributed by atoms with Crippen molar-refractivity contribution < 1.29 is 0 Å². The molecule has 1 aromatic carbocycles. The van der Waals surface area contributed by atoms with Gasteiger partial charge in [0.25, 0.3) is 0 Å². The average molecular weight is 287 g/mol. The number of nitrogens with zero attached hydrogens (tertiary/aromatic N) is 1. The van der Waals surface area contributed by atoms with E-state index >= 15 is 0 Å². The third-order valence-electron chi connectivity index (χ3n) is 2.27. The molecule has 0 saturated carbocycles. The van der Waals surface area contributed by atoms with Gasteiger partial charge in [0.2, 0.25) is 0 Å².